The van der Waals surface area contributed by atoms with Crippen molar-refractivity contribution in [2.24, 2.45) is 11.7 Å². The second-order valence-corrected chi connectivity index (χ2v) is 6.20. The monoisotopic (exact) mass is 235 g/mol. The average molecular weight is 236 g/mol. The lowest BCUT2D eigenvalue weighted by Crippen LogP contribution is -2.50. The molecule has 72 valence electrons. The molecular formula is C5H8Cl2FNO2S. The minimum Gasteiger partial charge on any atom is -0.327 e. The molecule has 2 atom stereocenters. The van der Waals surface area contributed by atoms with Crippen LogP contribution >= 0.6 is 23.2 Å². The van der Waals surface area contributed by atoms with Gasteiger partial charge in [0.1, 0.15) is 0 Å². The molecule has 0 aliphatic heterocycles. The van der Waals surface area contributed by atoms with Gasteiger partial charge in [0.15, 0.2) is 0 Å². The first-order chi connectivity index (χ1) is 5.27. The van der Waals surface area contributed by atoms with Gasteiger partial charge in [0.05, 0.1) is 0 Å². The average Bonchev–Trinajstić information content (AvgIpc) is 1.81. The highest BCUT2D eigenvalue weighted by atomic mass is 35.5. The lowest BCUT2D eigenvalue weighted by Gasteiger charge is -2.39. The Morgan fingerprint density at radius 2 is 1.92 bits per heavy atom. The largest absolute Gasteiger partial charge is 0.337 e. The van der Waals surface area contributed by atoms with Gasteiger partial charge in [-0.05, 0) is 12.8 Å². The third kappa shape index (κ3) is 1.55. The Kier molecular flexibility index (Phi) is 2.60. The summed E-state index contributed by atoms with van der Waals surface area (Å²) in [4.78, 5) is 0. The zero-order valence-corrected chi connectivity index (χ0v) is 8.33. The van der Waals surface area contributed by atoms with E-state index in [1.54, 1.807) is 0 Å². The van der Waals surface area contributed by atoms with Crippen LogP contribution in [-0.4, -0.2) is 18.1 Å². The van der Waals surface area contributed by atoms with Gasteiger partial charge in [-0.25, -0.2) is 0 Å². The molecule has 1 rings (SSSR count). The number of rotatable bonds is 2. The van der Waals surface area contributed by atoms with Gasteiger partial charge < -0.3 is 5.73 Å². The number of hydrogen-bond donors (Lipinski definition) is 1. The van der Waals surface area contributed by atoms with E-state index >= 15 is 0 Å². The van der Waals surface area contributed by atoms with E-state index < -0.39 is 25.8 Å². The van der Waals surface area contributed by atoms with Crippen molar-refractivity contribution >= 4 is 33.4 Å². The van der Waals surface area contributed by atoms with Gasteiger partial charge in [-0.15, -0.1) is 3.89 Å². The van der Waals surface area contributed by atoms with E-state index in [0.29, 0.717) is 12.8 Å². The Balaban J connectivity index is 2.86. The fourth-order valence-electron chi connectivity index (χ4n) is 1.12. The number of hydrogen-bond acceptors (Lipinski definition) is 3. The Labute approximate surface area is 80.2 Å². The van der Waals surface area contributed by atoms with Crippen molar-refractivity contribution in [3.05, 3.63) is 0 Å². The maximum atomic E-state index is 12.5. The van der Waals surface area contributed by atoms with Gasteiger partial charge in [0, 0.05) is 12.0 Å². The minimum absolute atomic E-state index is 0.425. The molecule has 12 heavy (non-hydrogen) atoms. The number of nitrogens with two attached hydrogens (primary N) is 1. The van der Waals surface area contributed by atoms with Gasteiger partial charge in [0.2, 0.25) is 0 Å². The Morgan fingerprint density at radius 1 is 1.42 bits per heavy atom. The standard InChI is InChI=1S/C5H8Cl2FNO2S/c6-5(7,12(8,10)11)3-1-2-4(3)9/h3-4H,1-2,9H2/t3-,4-/m1/s1. The summed E-state index contributed by atoms with van der Waals surface area (Å²) >= 11 is 10.7. The fourth-order valence-corrected chi connectivity index (χ4v) is 2.32. The highest BCUT2D eigenvalue weighted by Gasteiger charge is 2.53. The molecule has 0 amide bonds. The lowest BCUT2D eigenvalue weighted by molar-refractivity contribution is 0.255. The van der Waals surface area contributed by atoms with E-state index in [2.05, 4.69) is 0 Å². The van der Waals surface area contributed by atoms with Crippen LogP contribution in [-0.2, 0) is 10.2 Å². The topological polar surface area (TPSA) is 60.2 Å². The summed E-state index contributed by atoms with van der Waals surface area (Å²) in [6.07, 6.45) is 1.07. The van der Waals surface area contributed by atoms with Gasteiger partial charge in [-0.2, -0.15) is 8.42 Å². The van der Waals surface area contributed by atoms with Crippen molar-refractivity contribution in [3.8, 4) is 0 Å². The lowest BCUT2D eigenvalue weighted by atomic mass is 9.81. The molecule has 0 unspecified atom stereocenters. The Hall–Kier alpha value is 0.420. The smallest absolute Gasteiger partial charge is 0.327 e. The molecule has 1 aliphatic carbocycles. The second kappa shape index (κ2) is 2.97. The van der Waals surface area contributed by atoms with E-state index in [1.165, 1.54) is 0 Å². The molecule has 0 radical (unpaired) electrons. The third-order valence-electron chi connectivity index (χ3n) is 2.08. The minimum atomic E-state index is -4.94. The first-order valence-electron chi connectivity index (χ1n) is 3.34. The van der Waals surface area contributed by atoms with Crippen LogP contribution in [0.3, 0.4) is 0 Å². The summed E-state index contributed by atoms with van der Waals surface area (Å²) in [5, 5.41) is 0. The zero-order valence-electron chi connectivity index (χ0n) is 6.00. The number of halogens is 3. The zero-order chi connectivity index (χ0) is 9.57. The van der Waals surface area contributed by atoms with Crippen molar-refractivity contribution in [3.63, 3.8) is 0 Å². The molecule has 0 aromatic heterocycles. The summed E-state index contributed by atoms with van der Waals surface area (Å²) in [6.45, 7) is 0. The van der Waals surface area contributed by atoms with Crippen LogP contribution in [0.1, 0.15) is 12.8 Å². The molecule has 1 fully saturated rings. The van der Waals surface area contributed by atoms with Gasteiger partial charge in [-0.1, -0.05) is 23.2 Å². The summed E-state index contributed by atoms with van der Waals surface area (Å²) in [7, 11) is -4.94. The van der Waals surface area contributed by atoms with E-state index in [1.807, 2.05) is 0 Å². The Bertz CT molecular complexity index is 279. The van der Waals surface area contributed by atoms with Gasteiger partial charge in [-0.3, -0.25) is 0 Å². The summed E-state index contributed by atoms with van der Waals surface area (Å²) < 4.78 is 31.0. The molecule has 0 aromatic carbocycles. The van der Waals surface area contributed by atoms with Crippen molar-refractivity contribution in [2.75, 3.05) is 0 Å². The maximum Gasteiger partial charge on any atom is 0.337 e. The molecule has 0 aromatic rings. The van der Waals surface area contributed by atoms with E-state index in [4.69, 9.17) is 28.9 Å². The van der Waals surface area contributed by atoms with Crippen molar-refractivity contribution in [1.29, 1.82) is 0 Å². The predicted molar refractivity (Wildman–Crippen MR) is 45.2 cm³/mol. The third-order valence-corrected chi connectivity index (χ3v) is 4.70. The molecule has 0 spiro atoms. The highest BCUT2D eigenvalue weighted by molar-refractivity contribution is 7.90. The van der Waals surface area contributed by atoms with Gasteiger partial charge >= 0.3 is 10.2 Å². The molecule has 0 saturated heterocycles. The molecule has 2 N–H and O–H groups in total. The predicted octanol–water partition coefficient (Wildman–Crippen LogP) is 1.15. The van der Waals surface area contributed by atoms with Crippen molar-refractivity contribution < 1.29 is 12.3 Å². The van der Waals surface area contributed by atoms with Crippen LogP contribution in [0.5, 0.6) is 0 Å². The van der Waals surface area contributed by atoms with E-state index in [-0.39, 0.29) is 0 Å². The van der Waals surface area contributed by atoms with Gasteiger partial charge in [0.25, 0.3) is 3.67 Å². The van der Waals surface area contributed by atoms with E-state index in [0.717, 1.165) is 0 Å². The highest BCUT2D eigenvalue weighted by Crippen LogP contribution is 2.46. The first-order valence-corrected chi connectivity index (χ1v) is 5.48. The summed E-state index contributed by atoms with van der Waals surface area (Å²) in [5.41, 5.74) is 5.41. The van der Waals surface area contributed by atoms with E-state index in [9.17, 15) is 12.3 Å². The van der Waals surface area contributed by atoms with Crippen LogP contribution in [0.25, 0.3) is 0 Å². The quantitative estimate of drug-likeness (QED) is 0.578. The summed E-state index contributed by atoms with van der Waals surface area (Å²) in [5.74, 6) is -0.698. The van der Waals surface area contributed by atoms with Crippen LogP contribution in [0, 0.1) is 5.92 Å². The molecule has 7 heteroatoms. The summed E-state index contributed by atoms with van der Waals surface area (Å²) in [6, 6.07) is -0.425. The molecule has 1 aliphatic rings. The van der Waals surface area contributed by atoms with Crippen LogP contribution in [0.15, 0.2) is 0 Å². The first kappa shape index (κ1) is 10.5. The van der Waals surface area contributed by atoms with Crippen molar-refractivity contribution in [2.45, 2.75) is 22.5 Å². The van der Waals surface area contributed by atoms with Crippen LogP contribution in [0.2, 0.25) is 0 Å². The SMILES string of the molecule is N[C@@H]1CC[C@H]1C(Cl)(Cl)S(=O)(=O)F. The molecule has 3 nitrogen and oxygen atoms in total. The maximum absolute atomic E-state index is 12.5. The molecule has 0 heterocycles. The fraction of sp³-hybridized carbons (Fsp3) is 1.00. The molecule has 0 bridgehead atoms. The Morgan fingerprint density at radius 3 is 2.00 bits per heavy atom. The second-order valence-electron chi connectivity index (χ2n) is 2.85. The van der Waals surface area contributed by atoms with Crippen LogP contribution < -0.4 is 5.73 Å². The molecular weight excluding hydrogens is 228 g/mol. The normalized spacial score (nSPS) is 31.3. The van der Waals surface area contributed by atoms with Crippen LogP contribution in [0.4, 0.5) is 3.89 Å². The van der Waals surface area contributed by atoms with Crippen molar-refractivity contribution in [1.82, 2.24) is 0 Å². The number of alkyl halides is 2. The molecule has 1 saturated carbocycles.